The van der Waals surface area contributed by atoms with Gasteiger partial charge in [-0.3, -0.25) is 4.68 Å². The lowest BCUT2D eigenvalue weighted by atomic mass is 10.3. The lowest BCUT2D eigenvalue weighted by molar-refractivity contribution is -0.728. The van der Waals surface area contributed by atoms with Crippen molar-refractivity contribution < 1.29 is 4.68 Å². The van der Waals surface area contributed by atoms with Gasteiger partial charge in [-0.25, -0.2) is 4.99 Å². The zero-order chi connectivity index (χ0) is 9.10. The minimum Gasteiger partial charge on any atom is -0.361 e. The molecule has 0 saturated heterocycles. The van der Waals surface area contributed by atoms with Crippen LogP contribution in [-0.4, -0.2) is 0 Å². The number of hydrogen-bond donors (Lipinski definition) is 0. The summed E-state index contributed by atoms with van der Waals surface area (Å²) in [6, 6.07) is 9.87. The predicted molar refractivity (Wildman–Crippen MR) is 50.5 cm³/mol. The normalized spacial score (nSPS) is 11.9. The zero-order valence-electron chi connectivity index (χ0n) is 7.21. The van der Waals surface area contributed by atoms with Gasteiger partial charge in [0.25, 0.3) is 0 Å². The first-order valence-corrected chi connectivity index (χ1v) is 4.71. The lowest BCUT2D eigenvalue weighted by Crippen LogP contribution is -2.30. The van der Waals surface area contributed by atoms with Crippen LogP contribution in [0.3, 0.4) is 0 Å². The van der Waals surface area contributed by atoms with Crippen LogP contribution in [0.15, 0.2) is 41.5 Å². The number of benzene rings is 1. The number of nitrogens with zero attached hydrogens (tertiary/aromatic N) is 3. The Morgan fingerprint density at radius 2 is 2.08 bits per heavy atom. The van der Waals surface area contributed by atoms with Crippen LogP contribution in [-0.2, 0) is 7.05 Å². The standard InChI is InChI=1S/C9H9N3S/c1-12-7-9(13-11-12)10-8-5-3-2-4-6-8/h2-7H,1H3. The van der Waals surface area contributed by atoms with Crippen molar-refractivity contribution in [2.24, 2.45) is 12.0 Å². The van der Waals surface area contributed by atoms with Crippen LogP contribution < -0.4 is 13.8 Å². The third kappa shape index (κ3) is 2.03. The Kier molecular flexibility index (Phi) is 2.23. The highest BCUT2D eigenvalue weighted by atomic mass is 32.1. The quantitative estimate of drug-likeness (QED) is 0.612. The molecule has 0 spiro atoms. The van der Waals surface area contributed by atoms with Crippen LogP contribution in [0.2, 0.25) is 0 Å². The average molecular weight is 191 g/mol. The van der Waals surface area contributed by atoms with Gasteiger partial charge in [0.05, 0.1) is 5.69 Å². The fourth-order valence-electron chi connectivity index (χ4n) is 0.992. The van der Waals surface area contributed by atoms with Crippen LogP contribution >= 0.6 is 11.5 Å². The molecule has 0 saturated carbocycles. The number of hydrogen-bond acceptors (Lipinski definition) is 2. The summed E-state index contributed by atoms with van der Waals surface area (Å²) in [5, 5.41) is 0. The van der Waals surface area contributed by atoms with Gasteiger partial charge in [0.15, 0.2) is 10.9 Å². The molecular formula is C9H9N3S. The van der Waals surface area contributed by atoms with Crippen molar-refractivity contribution in [3.8, 4) is 0 Å². The van der Waals surface area contributed by atoms with Gasteiger partial charge in [-0.1, -0.05) is 18.2 Å². The number of rotatable bonds is 1. The molecule has 0 unspecified atom stereocenters. The van der Waals surface area contributed by atoms with E-state index in [-0.39, 0.29) is 0 Å². The lowest BCUT2D eigenvalue weighted by Gasteiger charge is -1.87. The van der Waals surface area contributed by atoms with Gasteiger partial charge in [0.2, 0.25) is 0 Å². The third-order valence-corrected chi connectivity index (χ3v) is 2.28. The van der Waals surface area contributed by atoms with Crippen LogP contribution in [0.5, 0.6) is 0 Å². The van der Waals surface area contributed by atoms with E-state index in [1.54, 1.807) is 4.68 Å². The Hall–Kier alpha value is -1.42. The van der Waals surface area contributed by atoms with Crippen molar-refractivity contribution in [1.29, 1.82) is 0 Å². The molecule has 0 aliphatic heterocycles. The molecule has 0 radical (unpaired) electrons. The van der Waals surface area contributed by atoms with E-state index in [9.17, 15) is 0 Å². The molecule has 13 heavy (non-hydrogen) atoms. The Balaban J connectivity index is 2.42. The molecule has 66 valence electrons. The summed E-state index contributed by atoms with van der Waals surface area (Å²) in [6.45, 7) is 0. The fourth-order valence-corrected chi connectivity index (χ4v) is 1.60. The monoisotopic (exact) mass is 191 g/mol. The van der Waals surface area contributed by atoms with Crippen molar-refractivity contribution in [1.82, 2.24) is 4.49 Å². The smallest absolute Gasteiger partial charge is 0.194 e. The highest BCUT2D eigenvalue weighted by Crippen LogP contribution is 2.07. The van der Waals surface area contributed by atoms with Crippen LogP contribution in [0, 0.1) is 0 Å². The van der Waals surface area contributed by atoms with Gasteiger partial charge in [0.1, 0.15) is 7.05 Å². The number of para-hydroxylation sites is 1. The van der Waals surface area contributed by atoms with Gasteiger partial charge >= 0.3 is 0 Å². The first-order chi connectivity index (χ1) is 6.34. The van der Waals surface area contributed by atoms with Gasteiger partial charge in [-0.15, -0.1) is 0 Å². The second-order valence-electron chi connectivity index (χ2n) is 2.66. The summed E-state index contributed by atoms with van der Waals surface area (Å²) >= 11 is 1.39. The highest BCUT2D eigenvalue weighted by molar-refractivity contribution is 7.02. The molecule has 0 atom stereocenters. The molecule has 2 aromatic rings. The van der Waals surface area contributed by atoms with Crippen molar-refractivity contribution in [2.75, 3.05) is 0 Å². The minimum absolute atomic E-state index is 0.925. The van der Waals surface area contributed by atoms with E-state index < -0.39 is 0 Å². The Bertz CT molecular complexity index is 441. The maximum Gasteiger partial charge on any atom is 0.194 e. The SMILES string of the molecule is C[n+]1cc(=Nc2ccccc2)s[n-]1. The van der Waals surface area contributed by atoms with E-state index in [2.05, 4.69) is 9.48 Å². The van der Waals surface area contributed by atoms with Gasteiger partial charge in [0, 0.05) is 0 Å². The van der Waals surface area contributed by atoms with Gasteiger partial charge < -0.3 is 4.49 Å². The molecule has 4 heteroatoms. The van der Waals surface area contributed by atoms with Gasteiger partial charge in [-0.05, 0) is 12.1 Å². The van der Waals surface area contributed by atoms with Crippen LogP contribution in [0.25, 0.3) is 0 Å². The largest absolute Gasteiger partial charge is 0.361 e. The predicted octanol–water partition coefficient (Wildman–Crippen LogP) is 0.762. The summed E-state index contributed by atoms with van der Waals surface area (Å²) in [7, 11) is 1.89. The molecule has 0 N–H and O–H groups in total. The maximum absolute atomic E-state index is 4.40. The average Bonchev–Trinajstić information content (AvgIpc) is 2.53. The van der Waals surface area contributed by atoms with Gasteiger partial charge in [-0.2, -0.15) is 11.5 Å². The summed E-state index contributed by atoms with van der Waals surface area (Å²) in [5.74, 6) is 0. The van der Waals surface area contributed by atoms with E-state index in [0.29, 0.717) is 0 Å². The molecular weight excluding hydrogens is 182 g/mol. The second kappa shape index (κ2) is 3.53. The van der Waals surface area contributed by atoms with Crippen molar-refractivity contribution in [3.63, 3.8) is 0 Å². The highest BCUT2D eigenvalue weighted by Gasteiger charge is 1.87. The van der Waals surface area contributed by atoms with Crippen LogP contribution in [0.4, 0.5) is 5.69 Å². The molecule has 1 heterocycles. The molecule has 0 bridgehead atoms. The van der Waals surface area contributed by atoms with E-state index in [0.717, 1.165) is 10.4 Å². The Labute approximate surface area is 80.1 Å². The second-order valence-corrected chi connectivity index (χ2v) is 3.43. The fraction of sp³-hybridized carbons (Fsp3) is 0.111. The summed E-state index contributed by atoms with van der Waals surface area (Å²) in [4.78, 5) is 4.40. The zero-order valence-corrected chi connectivity index (χ0v) is 8.03. The Morgan fingerprint density at radius 1 is 1.31 bits per heavy atom. The minimum atomic E-state index is 0.925. The van der Waals surface area contributed by atoms with Crippen LogP contribution in [0.1, 0.15) is 0 Å². The third-order valence-electron chi connectivity index (χ3n) is 1.56. The van der Waals surface area contributed by atoms with E-state index in [4.69, 9.17) is 0 Å². The topological polar surface area (TPSA) is 30.3 Å². The molecule has 1 aromatic carbocycles. The molecule has 0 fully saturated rings. The first-order valence-electron chi connectivity index (χ1n) is 3.94. The molecule has 0 amide bonds. The van der Waals surface area contributed by atoms with Crippen molar-refractivity contribution in [3.05, 3.63) is 41.2 Å². The van der Waals surface area contributed by atoms with Crippen molar-refractivity contribution in [2.45, 2.75) is 0 Å². The summed E-state index contributed by atoms with van der Waals surface area (Å²) in [6.07, 6.45) is 1.90. The van der Waals surface area contributed by atoms with Crippen molar-refractivity contribution >= 4 is 17.2 Å². The van der Waals surface area contributed by atoms with E-state index in [1.165, 1.54) is 11.5 Å². The number of aromatic nitrogens is 2. The molecule has 0 aliphatic carbocycles. The molecule has 0 aliphatic rings. The molecule has 1 aromatic heterocycles. The summed E-state index contributed by atoms with van der Waals surface area (Å²) < 4.78 is 6.76. The molecule has 3 nitrogen and oxygen atoms in total. The number of aryl methyl sites for hydroxylation is 1. The maximum atomic E-state index is 4.40. The van der Waals surface area contributed by atoms with E-state index >= 15 is 0 Å². The Morgan fingerprint density at radius 3 is 2.69 bits per heavy atom. The summed E-state index contributed by atoms with van der Waals surface area (Å²) in [5.41, 5.74) is 0.965. The first kappa shape index (κ1) is 8.19. The van der Waals surface area contributed by atoms with E-state index in [1.807, 2.05) is 43.6 Å². The molecule has 2 rings (SSSR count).